The van der Waals surface area contributed by atoms with Gasteiger partial charge in [-0.2, -0.15) is 5.26 Å². The molecule has 1 aromatic rings. The largest absolute Gasteiger partial charge is 0.368 e. The molecule has 3 N–H and O–H groups in total. The number of nitrogens with one attached hydrogen (secondary N) is 1. The van der Waals surface area contributed by atoms with Gasteiger partial charge in [-0.3, -0.25) is 9.59 Å². The maximum Gasteiger partial charge on any atom is 0.240 e. The van der Waals surface area contributed by atoms with Crippen molar-refractivity contribution in [2.75, 3.05) is 0 Å². The van der Waals surface area contributed by atoms with E-state index < -0.39 is 41.8 Å². The van der Waals surface area contributed by atoms with Gasteiger partial charge in [-0.15, -0.1) is 0 Å². The first-order valence-corrected chi connectivity index (χ1v) is 6.26. The molecule has 0 bridgehead atoms. The van der Waals surface area contributed by atoms with Crippen molar-refractivity contribution in [3.05, 3.63) is 35.4 Å². The standard InChI is InChI=1S/C14H15F2N3O2/c1-8(7-17)5-12(14(18)21)19-13(20)6-9-10(15)3-2-4-11(9)16/h2-4,8,12H,5-6H2,1H3,(H2,18,21)(H,19,20)/t8-,12-/m0/s1. The number of benzene rings is 1. The molecule has 1 aromatic carbocycles. The highest BCUT2D eigenvalue weighted by Gasteiger charge is 2.22. The van der Waals surface area contributed by atoms with E-state index >= 15 is 0 Å². The zero-order valence-corrected chi connectivity index (χ0v) is 11.4. The second-order valence-electron chi connectivity index (χ2n) is 4.67. The molecule has 5 nitrogen and oxygen atoms in total. The predicted molar refractivity (Wildman–Crippen MR) is 70.6 cm³/mol. The Balaban J connectivity index is 2.75. The number of primary amides is 1. The van der Waals surface area contributed by atoms with Crippen LogP contribution in [0.4, 0.5) is 8.78 Å². The average molecular weight is 295 g/mol. The highest BCUT2D eigenvalue weighted by Crippen LogP contribution is 2.13. The summed E-state index contributed by atoms with van der Waals surface area (Å²) in [5.41, 5.74) is 4.75. The highest BCUT2D eigenvalue weighted by molar-refractivity contribution is 5.87. The van der Waals surface area contributed by atoms with E-state index in [0.29, 0.717) is 0 Å². The molecule has 0 spiro atoms. The molecule has 0 radical (unpaired) electrons. The van der Waals surface area contributed by atoms with Crippen molar-refractivity contribution in [1.29, 1.82) is 5.26 Å². The van der Waals surface area contributed by atoms with E-state index in [1.54, 1.807) is 6.92 Å². The van der Waals surface area contributed by atoms with Crippen LogP contribution < -0.4 is 11.1 Å². The maximum absolute atomic E-state index is 13.4. The molecule has 7 heteroatoms. The van der Waals surface area contributed by atoms with Crippen LogP contribution in [-0.4, -0.2) is 17.9 Å². The molecule has 0 unspecified atom stereocenters. The summed E-state index contributed by atoms with van der Waals surface area (Å²) in [6, 6.07) is 4.12. The lowest BCUT2D eigenvalue weighted by atomic mass is 10.0. The molecule has 0 aliphatic rings. The second-order valence-corrected chi connectivity index (χ2v) is 4.67. The van der Waals surface area contributed by atoms with Crippen LogP contribution in [0.3, 0.4) is 0 Å². The SMILES string of the molecule is C[C@H](C#N)C[C@H](NC(=O)Cc1c(F)cccc1F)C(N)=O. The van der Waals surface area contributed by atoms with Crippen LogP contribution in [0.25, 0.3) is 0 Å². The maximum atomic E-state index is 13.4. The van der Waals surface area contributed by atoms with Crippen LogP contribution in [0.15, 0.2) is 18.2 Å². The van der Waals surface area contributed by atoms with Gasteiger partial charge in [0.15, 0.2) is 0 Å². The van der Waals surface area contributed by atoms with Gasteiger partial charge in [-0.05, 0) is 25.5 Å². The monoisotopic (exact) mass is 295 g/mol. The van der Waals surface area contributed by atoms with Gasteiger partial charge in [0.25, 0.3) is 0 Å². The lowest BCUT2D eigenvalue weighted by molar-refractivity contribution is -0.127. The van der Waals surface area contributed by atoms with Gasteiger partial charge >= 0.3 is 0 Å². The summed E-state index contributed by atoms with van der Waals surface area (Å²) in [7, 11) is 0. The molecular weight excluding hydrogens is 280 g/mol. The third kappa shape index (κ3) is 4.84. The predicted octanol–water partition coefficient (Wildman–Crippen LogP) is 1.03. The first kappa shape index (κ1) is 16.6. The van der Waals surface area contributed by atoms with Crippen molar-refractivity contribution < 1.29 is 18.4 Å². The van der Waals surface area contributed by atoms with Gasteiger partial charge in [0.05, 0.1) is 12.5 Å². The quantitative estimate of drug-likeness (QED) is 0.820. The fraction of sp³-hybridized carbons (Fsp3) is 0.357. The van der Waals surface area contributed by atoms with E-state index in [1.165, 1.54) is 6.07 Å². The van der Waals surface area contributed by atoms with Gasteiger partial charge in [-0.25, -0.2) is 8.78 Å². The Labute approximate surface area is 120 Å². The Morgan fingerprint density at radius 3 is 2.43 bits per heavy atom. The first-order valence-electron chi connectivity index (χ1n) is 6.26. The molecule has 1 rings (SSSR count). The molecule has 21 heavy (non-hydrogen) atoms. The van der Waals surface area contributed by atoms with Crippen molar-refractivity contribution in [3.8, 4) is 6.07 Å². The Morgan fingerprint density at radius 1 is 1.38 bits per heavy atom. The Morgan fingerprint density at radius 2 is 1.95 bits per heavy atom. The Bertz CT molecular complexity index is 564. The molecule has 0 fully saturated rings. The summed E-state index contributed by atoms with van der Waals surface area (Å²) in [6.45, 7) is 1.57. The number of halogens is 2. The number of hydrogen-bond acceptors (Lipinski definition) is 3. The van der Waals surface area contributed by atoms with Crippen molar-refractivity contribution in [2.45, 2.75) is 25.8 Å². The Hall–Kier alpha value is -2.49. The number of amides is 2. The molecule has 2 amide bonds. The summed E-state index contributed by atoms with van der Waals surface area (Å²) in [5, 5.41) is 11.0. The summed E-state index contributed by atoms with van der Waals surface area (Å²) < 4.78 is 26.8. The van der Waals surface area contributed by atoms with E-state index in [-0.39, 0.29) is 12.0 Å². The van der Waals surface area contributed by atoms with Crippen LogP contribution in [0.2, 0.25) is 0 Å². The fourth-order valence-electron chi connectivity index (χ4n) is 1.76. The summed E-state index contributed by atoms with van der Waals surface area (Å²) in [5.74, 6) is -3.72. The third-order valence-corrected chi connectivity index (χ3v) is 2.89. The van der Waals surface area contributed by atoms with E-state index in [2.05, 4.69) is 5.32 Å². The van der Waals surface area contributed by atoms with Gasteiger partial charge in [0.2, 0.25) is 11.8 Å². The van der Waals surface area contributed by atoms with Crippen molar-refractivity contribution in [1.82, 2.24) is 5.32 Å². The number of hydrogen-bond donors (Lipinski definition) is 2. The average Bonchev–Trinajstić information content (AvgIpc) is 2.42. The molecular formula is C14H15F2N3O2. The number of carbonyl (C=O) groups is 2. The third-order valence-electron chi connectivity index (χ3n) is 2.89. The van der Waals surface area contributed by atoms with E-state index in [0.717, 1.165) is 12.1 Å². The first-order chi connectivity index (χ1) is 9.85. The lowest BCUT2D eigenvalue weighted by Gasteiger charge is -2.16. The number of nitrogens with zero attached hydrogens (tertiary/aromatic N) is 1. The molecule has 0 aromatic heterocycles. The van der Waals surface area contributed by atoms with Crippen molar-refractivity contribution in [2.24, 2.45) is 11.7 Å². The minimum Gasteiger partial charge on any atom is -0.368 e. The minimum atomic E-state index is -1.05. The van der Waals surface area contributed by atoms with Crippen LogP contribution in [0.1, 0.15) is 18.9 Å². The molecule has 0 aliphatic heterocycles. The minimum absolute atomic E-state index is 0.0390. The Kier molecular flexibility index (Phi) is 5.79. The molecule has 0 aliphatic carbocycles. The van der Waals surface area contributed by atoms with Crippen LogP contribution in [0, 0.1) is 28.9 Å². The van der Waals surface area contributed by atoms with Gasteiger partial charge in [-0.1, -0.05) is 6.07 Å². The second kappa shape index (κ2) is 7.33. The highest BCUT2D eigenvalue weighted by atomic mass is 19.1. The molecule has 2 atom stereocenters. The topological polar surface area (TPSA) is 96.0 Å². The fourth-order valence-corrected chi connectivity index (χ4v) is 1.76. The zero-order valence-electron chi connectivity index (χ0n) is 11.4. The van der Waals surface area contributed by atoms with Crippen LogP contribution in [-0.2, 0) is 16.0 Å². The van der Waals surface area contributed by atoms with E-state index in [1.807, 2.05) is 6.07 Å². The molecule has 112 valence electrons. The molecule has 0 saturated carbocycles. The van der Waals surface area contributed by atoms with Crippen LogP contribution >= 0.6 is 0 Å². The zero-order chi connectivity index (χ0) is 16.0. The lowest BCUT2D eigenvalue weighted by Crippen LogP contribution is -2.45. The van der Waals surface area contributed by atoms with Crippen molar-refractivity contribution in [3.63, 3.8) is 0 Å². The van der Waals surface area contributed by atoms with Crippen molar-refractivity contribution >= 4 is 11.8 Å². The van der Waals surface area contributed by atoms with Gasteiger partial charge in [0.1, 0.15) is 17.7 Å². The van der Waals surface area contributed by atoms with Crippen LogP contribution in [0.5, 0.6) is 0 Å². The molecule has 0 saturated heterocycles. The smallest absolute Gasteiger partial charge is 0.240 e. The number of rotatable bonds is 6. The summed E-state index contributed by atoms with van der Waals surface area (Å²) in [6.07, 6.45) is -0.513. The van der Waals surface area contributed by atoms with E-state index in [4.69, 9.17) is 11.0 Å². The van der Waals surface area contributed by atoms with E-state index in [9.17, 15) is 18.4 Å². The summed E-state index contributed by atoms with van der Waals surface area (Å²) >= 11 is 0. The van der Waals surface area contributed by atoms with Gasteiger partial charge in [0, 0.05) is 11.5 Å². The van der Waals surface area contributed by atoms with Gasteiger partial charge < -0.3 is 11.1 Å². The normalized spacial score (nSPS) is 13.0. The molecule has 0 heterocycles. The number of nitriles is 1. The summed E-state index contributed by atoms with van der Waals surface area (Å²) in [4.78, 5) is 23.0. The number of nitrogens with two attached hydrogens (primary N) is 1. The number of carbonyl (C=O) groups excluding carboxylic acids is 2.